The molecule has 0 spiro atoms. The van der Waals surface area contributed by atoms with E-state index in [1.807, 2.05) is 0 Å². The summed E-state index contributed by atoms with van der Waals surface area (Å²) in [7, 11) is 0. The van der Waals surface area contributed by atoms with Crippen molar-refractivity contribution < 1.29 is 26.5 Å². The Morgan fingerprint density at radius 1 is 1.06 bits per heavy atom. The number of benzene rings is 1. The molecule has 1 aromatic carbocycles. The van der Waals surface area contributed by atoms with E-state index in [4.69, 9.17) is 0 Å². The Morgan fingerprint density at radius 3 is 1.82 bits per heavy atom. The van der Waals surface area contributed by atoms with Crippen molar-refractivity contribution in [2.24, 2.45) is 0 Å². The number of aryl methyl sites for hydroxylation is 2. The third-order valence-corrected chi connectivity index (χ3v) is 3.25. The number of alkyl halides is 5. The lowest BCUT2D eigenvalue weighted by molar-refractivity contribution is -0.241. The van der Waals surface area contributed by atoms with Gasteiger partial charge in [0.1, 0.15) is 0 Å². The van der Waals surface area contributed by atoms with Gasteiger partial charge in [-0.25, -0.2) is 0 Å². The van der Waals surface area contributed by atoms with Gasteiger partial charge in [0.2, 0.25) is 0 Å². The van der Waals surface area contributed by atoms with Crippen molar-refractivity contribution in [2.45, 2.75) is 30.2 Å². The second-order valence-corrected chi connectivity index (χ2v) is 4.99. The minimum Gasteiger partial charge on any atom is -0.606 e. The van der Waals surface area contributed by atoms with E-state index in [-0.39, 0.29) is 0 Å². The van der Waals surface area contributed by atoms with Crippen LogP contribution >= 0.6 is 0 Å². The first kappa shape index (κ1) is 14.2. The molecule has 0 aliphatic carbocycles. The Kier molecular flexibility index (Phi) is 3.73. The summed E-state index contributed by atoms with van der Waals surface area (Å²) < 4.78 is 73.0. The molecular formula is C10H8F5OS. The summed E-state index contributed by atoms with van der Waals surface area (Å²) in [6, 6.07) is 4.70. The monoisotopic (exact) mass is 271 g/mol. The fraction of sp³-hybridized carbons (Fsp3) is 0.400. The smallest absolute Gasteiger partial charge is 0.510 e. The fourth-order valence-electron chi connectivity index (χ4n) is 1.21. The maximum absolute atomic E-state index is 12.8. The number of rotatable bonds is 2. The van der Waals surface area contributed by atoms with Crippen molar-refractivity contribution in [1.82, 2.24) is 0 Å². The van der Waals surface area contributed by atoms with Crippen molar-refractivity contribution >= 4 is 11.2 Å². The molecule has 0 bridgehead atoms. The van der Waals surface area contributed by atoms with Crippen molar-refractivity contribution in [3.8, 4) is 0 Å². The highest BCUT2D eigenvalue weighted by atomic mass is 32.2. The first-order valence-electron chi connectivity index (χ1n) is 4.42. The van der Waals surface area contributed by atoms with E-state index in [1.54, 1.807) is 0 Å². The van der Waals surface area contributed by atoms with Crippen molar-refractivity contribution in [3.63, 3.8) is 0 Å². The van der Waals surface area contributed by atoms with Crippen LogP contribution in [0.4, 0.5) is 22.0 Å². The standard InChI is InChI=1S/C10H8F5OS/c1-6-3-7(2)5-8(4-6)17(16)10(14,15)9(11,12)13/h4-5H,1-2H3. The van der Waals surface area contributed by atoms with Crippen LogP contribution in [0.25, 0.3) is 0 Å². The molecule has 1 aromatic rings. The van der Waals surface area contributed by atoms with E-state index in [1.165, 1.54) is 13.8 Å². The van der Waals surface area contributed by atoms with Crippen LogP contribution in [0.2, 0.25) is 0 Å². The summed E-state index contributed by atoms with van der Waals surface area (Å²) in [5.74, 6) is 0. The van der Waals surface area contributed by atoms with Crippen molar-refractivity contribution in [1.29, 1.82) is 0 Å². The average Bonchev–Trinajstić information content (AvgIpc) is 2.13. The summed E-state index contributed by atoms with van der Waals surface area (Å²) in [6.07, 6.45) is -5.83. The van der Waals surface area contributed by atoms with Crippen molar-refractivity contribution in [2.75, 3.05) is 0 Å². The molecule has 0 saturated carbocycles. The molecular weight excluding hydrogens is 263 g/mol. The van der Waals surface area contributed by atoms with Gasteiger partial charge in [0.15, 0.2) is 4.90 Å². The highest BCUT2D eigenvalue weighted by molar-refractivity contribution is 7.92. The molecule has 1 radical (unpaired) electrons. The zero-order valence-corrected chi connectivity index (χ0v) is 9.68. The molecule has 0 heterocycles. The summed E-state index contributed by atoms with van der Waals surface area (Å²) in [5, 5.41) is -5.26. The molecule has 0 saturated heterocycles. The van der Waals surface area contributed by atoms with Crippen LogP contribution < -0.4 is 0 Å². The first-order valence-corrected chi connectivity index (χ1v) is 5.57. The minimum atomic E-state index is -5.83. The maximum atomic E-state index is 12.8. The highest BCUT2D eigenvalue weighted by Gasteiger charge is 2.68. The summed E-state index contributed by atoms with van der Waals surface area (Å²) in [6.45, 7) is 2.94. The van der Waals surface area contributed by atoms with Gasteiger partial charge in [-0.05, 0) is 43.2 Å². The molecule has 0 aliphatic rings. The van der Waals surface area contributed by atoms with Gasteiger partial charge in [-0.15, -0.1) is 8.78 Å². The molecule has 7 heteroatoms. The average molecular weight is 271 g/mol. The van der Waals surface area contributed by atoms with E-state index < -0.39 is 27.5 Å². The molecule has 1 atom stereocenters. The zero-order valence-electron chi connectivity index (χ0n) is 8.86. The quantitative estimate of drug-likeness (QED) is 0.597. The fourth-order valence-corrected chi connectivity index (χ4v) is 2.29. The summed E-state index contributed by atoms with van der Waals surface area (Å²) >= 11 is -3.46. The Hall–Kier alpha value is -0.820. The molecule has 0 N–H and O–H groups in total. The molecule has 0 amide bonds. The number of hydrogen-bond donors (Lipinski definition) is 0. The van der Waals surface area contributed by atoms with Crippen molar-refractivity contribution in [3.05, 3.63) is 29.3 Å². The third kappa shape index (κ3) is 2.90. The molecule has 0 aromatic heterocycles. The Morgan fingerprint density at radius 2 is 1.47 bits per heavy atom. The second-order valence-electron chi connectivity index (χ2n) is 3.47. The van der Waals surface area contributed by atoms with Crippen LogP contribution in [-0.4, -0.2) is 16.0 Å². The third-order valence-electron chi connectivity index (χ3n) is 1.89. The molecule has 1 nitrogen and oxygen atoms in total. The van der Waals surface area contributed by atoms with Crippen LogP contribution in [0.15, 0.2) is 17.0 Å². The van der Waals surface area contributed by atoms with Gasteiger partial charge in [-0.1, -0.05) is 0 Å². The SMILES string of the molecule is Cc1[c]c(C)cc([S+]([O-])C(F)(F)C(F)(F)F)c1. The van der Waals surface area contributed by atoms with Gasteiger partial charge >= 0.3 is 11.4 Å². The topological polar surface area (TPSA) is 23.1 Å². The van der Waals surface area contributed by atoms with Gasteiger partial charge in [0.05, 0.1) is 11.2 Å². The maximum Gasteiger partial charge on any atom is 0.510 e. The van der Waals surface area contributed by atoms with Crippen LogP contribution in [0.1, 0.15) is 11.1 Å². The predicted molar refractivity (Wildman–Crippen MR) is 52.2 cm³/mol. The molecule has 95 valence electrons. The largest absolute Gasteiger partial charge is 0.606 e. The lowest BCUT2D eigenvalue weighted by Gasteiger charge is -2.22. The predicted octanol–water partition coefficient (Wildman–Crippen LogP) is 3.37. The molecule has 0 aliphatic heterocycles. The molecule has 1 unspecified atom stereocenters. The number of hydrogen-bond acceptors (Lipinski definition) is 1. The lowest BCUT2D eigenvalue weighted by Crippen LogP contribution is -2.43. The lowest BCUT2D eigenvalue weighted by atomic mass is 10.2. The molecule has 0 fully saturated rings. The van der Waals surface area contributed by atoms with E-state index in [2.05, 4.69) is 6.07 Å². The Balaban J connectivity index is 3.16. The second kappa shape index (κ2) is 4.45. The van der Waals surface area contributed by atoms with Gasteiger partial charge in [-0.2, -0.15) is 13.2 Å². The van der Waals surface area contributed by atoms with E-state index >= 15 is 0 Å². The van der Waals surface area contributed by atoms with E-state index in [9.17, 15) is 26.5 Å². The van der Waals surface area contributed by atoms with Crippen LogP contribution in [0.3, 0.4) is 0 Å². The van der Waals surface area contributed by atoms with E-state index in [0.29, 0.717) is 11.1 Å². The van der Waals surface area contributed by atoms with Gasteiger partial charge in [-0.3, -0.25) is 0 Å². The summed E-state index contributed by atoms with van der Waals surface area (Å²) in [5.41, 5.74) is 0.706. The van der Waals surface area contributed by atoms with Crippen LogP contribution in [0.5, 0.6) is 0 Å². The zero-order chi connectivity index (χ0) is 13.4. The number of halogens is 5. The minimum absolute atomic E-state index is 0.353. The molecule has 17 heavy (non-hydrogen) atoms. The van der Waals surface area contributed by atoms with Gasteiger partial charge in [0, 0.05) is 0 Å². The normalized spacial score (nSPS) is 14.8. The van der Waals surface area contributed by atoms with Gasteiger partial charge < -0.3 is 4.55 Å². The first-order chi connectivity index (χ1) is 7.55. The van der Waals surface area contributed by atoms with Gasteiger partial charge in [0.25, 0.3) is 0 Å². The Labute approximate surface area is 97.8 Å². The van der Waals surface area contributed by atoms with E-state index in [0.717, 1.165) is 12.1 Å². The summed E-state index contributed by atoms with van der Waals surface area (Å²) in [4.78, 5) is -0.555. The highest BCUT2D eigenvalue weighted by Crippen LogP contribution is 2.43. The van der Waals surface area contributed by atoms with Crippen LogP contribution in [-0.2, 0) is 11.2 Å². The van der Waals surface area contributed by atoms with Crippen LogP contribution in [0, 0.1) is 19.9 Å². The molecule has 1 rings (SSSR count). The Bertz CT molecular complexity index is 395.